The lowest BCUT2D eigenvalue weighted by molar-refractivity contribution is -0.132. The number of amides is 1. The summed E-state index contributed by atoms with van der Waals surface area (Å²) in [4.78, 5) is 41.6. The first-order valence-corrected chi connectivity index (χ1v) is 11.3. The van der Waals surface area contributed by atoms with Crippen LogP contribution < -0.4 is 10.5 Å². The number of aliphatic hydroxyl groups excluding tert-OH is 1. The second kappa shape index (κ2) is 8.81. The summed E-state index contributed by atoms with van der Waals surface area (Å²) >= 11 is 0. The van der Waals surface area contributed by atoms with Crippen LogP contribution >= 0.6 is 0 Å². The highest BCUT2D eigenvalue weighted by Gasteiger charge is 2.49. The number of carbonyl (C=O) groups is 2. The molecule has 36 heavy (non-hydrogen) atoms. The van der Waals surface area contributed by atoms with E-state index >= 15 is 0 Å². The average Bonchev–Trinajstić information content (AvgIpc) is 3.28. The quantitative estimate of drug-likeness (QED) is 0.267. The second-order valence-corrected chi connectivity index (χ2v) is 8.50. The fourth-order valence-electron chi connectivity index (χ4n) is 4.61. The zero-order valence-electron chi connectivity index (χ0n) is 19.6. The highest BCUT2D eigenvalue weighted by Crippen LogP contribution is 2.42. The van der Waals surface area contributed by atoms with Gasteiger partial charge in [-0.2, -0.15) is 0 Å². The van der Waals surface area contributed by atoms with Gasteiger partial charge in [0.05, 0.1) is 23.0 Å². The van der Waals surface area contributed by atoms with Crippen LogP contribution in [-0.4, -0.2) is 26.2 Å². The number of Topliss-reactive ketones (excluding diaryl/α,β-unsaturated/α-hetero) is 1. The lowest BCUT2D eigenvalue weighted by Gasteiger charge is -2.24. The number of anilines is 1. The minimum absolute atomic E-state index is 0.00453. The molecule has 0 unspecified atom stereocenters. The van der Waals surface area contributed by atoms with Crippen molar-refractivity contribution in [2.24, 2.45) is 7.05 Å². The number of hydrogen-bond acceptors (Lipinski definition) is 4. The molecule has 1 aliphatic heterocycles. The monoisotopic (exact) mass is 483 g/mol. The largest absolute Gasteiger partial charge is 0.507 e. The van der Waals surface area contributed by atoms with Crippen molar-refractivity contribution >= 4 is 23.1 Å². The zero-order valence-corrected chi connectivity index (χ0v) is 19.6. The number of ketones is 1. The van der Waals surface area contributed by atoms with Crippen molar-refractivity contribution in [1.29, 1.82) is 0 Å². The number of hydrogen-bond donors (Lipinski definition) is 1. The Bertz CT molecular complexity index is 1570. The van der Waals surface area contributed by atoms with Gasteiger partial charge < -0.3 is 5.11 Å². The number of aromatic nitrogens is 2. The molecular weight excluding hydrogens is 461 g/mol. The molecule has 0 spiro atoms. The Morgan fingerprint density at radius 2 is 1.44 bits per heavy atom. The number of carbonyl (C=O) groups excluding carboxylic acids is 2. The Labute approximate surface area is 205 Å². The summed E-state index contributed by atoms with van der Waals surface area (Å²) in [6.07, 6.45) is 0. The van der Waals surface area contributed by atoms with Gasteiger partial charge in [0.2, 0.25) is 0 Å². The van der Waals surface area contributed by atoms with Crippen molar-refractivity contribution in [2.45, 2.75) is 13.0 Å². The van der Waals surface area contributed by atoms with E-state index in [9.17, 15) is 23.9 Å². The molecule has 5 rings (SSSR count). The van der Waals surface area contributed by atoms with Gasteiger partial charge in [-0.1, -0.05) is 60.7 Å². The summed E-state index contributed by atoms with van der Waals surface area (Å²) in [5, 5.41) is 11.2. The van der Waals surface area contributed by atoms with Gasteiger partial charge in [0.15, 0.2) is 0 Å². The van der Waals surface area contributed by atoms with Crippen molar-refractivity contribution in [2.75, 3.05) is 4.90 Å². The number of halogens is 1. The first kappa shape index (κ1) is 23.0. The molecule has 0 aliphatic carbocycles. The van der Waals surface area contributed by atoms with E-state index in [0.29, 0.717) is 22.5 Å². The molecule has 1 saturated heterocycles. The van der Waals surface area contributed by atoms with Crippen LogP contribution in [0, 0.1) is 12.7 Å². The molecule has 7 nitrogen and oxygen atoms in total. The van der Waals surface area contributed by atoms with E-state index in [-0.39, 0.29) is 17.0 Å². The van der Waals surface area contributed by atoms with Crippen LogP contribution in [0.4, 0.5) is 10.1 Å². The molecule has 1 atom stereocenters. The molecule has 1 amide bonds. The third-order valence-electron chi connectivity index (χ3n) is 6.44. The molecule has 1 fully saturated rings. The minimum atomic E-state index is -1.14. The van der Waals surface area contributed by atoms with Gasteiger partial charge in [-0.05, 0) is 36.8 Å². The summed E-state index contributed by atoms with van der Waals surface area (Å²) < 4.78 is 16.8. The highest BCUT2D eigenvalue weighted by molar-refractivity contribution is 6.51. The zero-order chi connectivity index (χ0) is 25.6. The maximum atomic E-state index is 13.8. The number of benzene rings is 3. The van der Waals surface area contributed by atoms with E-state index in [0.717, 1.165) is 4.90 Å². The molecule has 0 radical (unpaired) electrons. The summed E-state index contributed by atoms with van der Waals surface area (Å²) in [6, 6.07) is 21.4. The van der Waals surface area contributed by atoms with Crippen LogP contribution in [0.5, 0.6) is 0 Å². The topological polar surface area (TPSA) is 84.5 Å². The van der Waals surface area contributed by atoms with Crippen molar-refractivity contribution in [3.63, 3.8) is 0 Å². The predicted octanol–water partition coefficient (Wildman–Crippen LogP) is 4.25. The van der Waals surface area contributed by atoms with Crippen molar-refractivity contribution in [1.82, 2.24) is 9.36 Å². The molecule has 3 aromatic carbocycles. The molecule has 2 heterocycles. The molecule has 0 saturated carbocycles. The summed E-state index contributed by atoms with van der Waals surface area (Å²) in [5.74, 6) is -2.75. The van der Waals surface area contributed by atoms with Gasteiger partial charge in [0.25, 0.3) is 17.2 Å². The van der Waals surface area contributed by atoms with Crippen LogP contribution in [0.1, 0.15) is 22.9 Å². The fraction of sp³-hybridized carbons (Fsp3) is 0.107. The van der Waals surface area contributed by atoms with E-state index in [1.807, 2.05) is 6.07 Å². The summed E-state index contributed by atoms with van der Waals surface area (Å²) in [6.45, 7) is 1.68. The Hall–Kier alpha value is -4.72. The standard InChI is InChI=1S/C28H22FN3O4/c1-17-23(27(35)32(30(17)2)21-11-7-4-8-12-21)31-24(18-13-15-20(29)16-14-18)22(26(34)28(31)36)25(33)19-9-5-3-6-10-19/h3-16,24,33H,1-2H3/t24-/m1/s1. The molecule has 4 aromatic rings. The van der Waals surface area contributed by atoms with E-state index in [1.54, 1.807) is 73.3 Å². The SMILES string of the molecule is Cc1c(N2C(=O)C(=O)C(=C(O)c3ccccc3)[C@H]2c2ccc(F)cc2)c(=O)n(-c2ccccc2)n1C. The van der Waals surface area contributed by atoms with Crippen LogP contribution in [0.3, 0.4) is 0 Å². The lowest BCUT2D eigenvalue weighted by atomic mass is 9.95. The van der Waals surface area contributed by atoms with E-state index in [2.05, 4.69) is 0 Å². The number of aliphatic hydroxyl groups is 1. The van der Waals surface area contributed by atoms with Crippen LogP contribution in [0.25, 0.3) is 11.4 Å². The van der Waals surface area contributed by atoms with Crippen LogP contribution in [0.2, 0.25) is 0 Å². The van der Waals surface area contributed by atoms with Crippen molar-refractivity contribution < 1.29 is 19.1 Å². The number of rotatable bonds is 4. The molecule has 1 aromatic heterocycles. The van der Waals surface area contributed by atoms with Gasteiger partial charge in [-0.25, -0.2) is 9.07 Å². The average molecular weight is 483 g/mol. The molecular formula is C28H22FN3O4. The van der Waals surface area contributed by atoms with Gasteiger partial charge >= 0.3 is 0 Å². The van der Waals surface area contributed by atoms with E-state index in [1.165, 1.54) is 28.9 Å². The smallest absolute Gasteiger partial charge is 0.300 e. The van der Waals surface area contributed by atoms with E-state index < -0.39 is 29.1 Å². The Morgan fingerprint density at radius 3 is 2.06 bits per heavy atom. The van der Waals surface area contributed by atoms with Crippen molar-refractivity contribution in [3.8, 4) is 5.69 Å². The maximum Gasteiger partial charge on any atom is 0.300 e. The second-order valence-electron chi connectivity index (χ2n) is 8.50. The molecule has 1 N–H and O–H groups in total. The van der Waals surface area contributed by atoms with Gasteiger partial charge in [0.1, 0.15) is 17.3 Å². The molecule has 0 bridgehead atoms. The predicted molar refractivity (Wildman–Crippen MR) is 133 cm³/mol. The Morgan fingerprint density at radius 1 is 0.861 bits per heavy atom. The van der Waals surface area contributed by atoms with Gasteiger partial charge in [-0.3, -0.25) is 24.0 Å². The fourth-order valence-corrected chi connectivity index (χ4v) is 4.61. The number of nitrogens with zero attached hydrogens (tertiary/aromatic N) is 3. The van der Waals surface area contributed by atoms with Crippen LogP contribution in [-0.2, 0) is 16.6 Å². The summed E-state index contributed by atoms with van der Waals surface area (Å²) in [7, 11) is 1.68. The lowest BCUT2D eigenvalue weighted by Crippen LogP contribution is -2.34. The Kier molecular flexibility index (Phi) is 5.64. The molecule has 180 valence electrons. The normalized spacial score (nSPS) is 17.1. The van der Waals surface area contributed by atoms with Crippen molar-refractivity contribution in [3.05, 3.63) is 123 Å². The molecule has 8 heteroatoms. The third-order valence-corrected chi connectivity index (χ3v) is 6.44. The third kappa shape index (κ3) is 3.54. The van der Waals surface area contributed by atoms with Gasteiger partial charge in [-0.15, -0.1) is 0 Å². The summed E-state index contributed by atoms with van der Waals surface area (Å²) in [5.41, 5.74) is 1.07. The van der Waals surface area contributed by atoms with Crippen LogP contribution in [0.15, 0.2) is 95.3 Å². The minimum Gasteiger partial charge on any atom is -0.507 e. The molecule has 1 aliphatic rings. The maximum absolute atomic E-state index is 13.8. The number of para-hydroxylation sites is 1. The van der Waals surface area contributed by atoms with Gasteiger partial charge in [0, 0.05) is 12.6 Å². The first-order valence-electron chi connectivity index (χ1n) is 11.3. The first-order chi connectivity index (χ1) is 17.3. The Balaban J connectivity index is 1.78. The van der Waals surface area contributed by atoms with E-state index in [4.69, 9.17) is 0 Å². The highest BCUT2D eigenvalue weighted by atomic mass is 19.1.